The molecule has 0 aromatic carbocycles. The van der Waals surface area contributed by atoms with E-state index >= 15 is 0 Å². The predicted molar refractivity (Wildman–Crippen MR) is 145 cm³/mol. The molecule has 0 spiro atoms. The number of aromatic amines is 1. The van der Waals surface area contributed by atoms with Gasteiger partial charge in [-0.3, -0.25) is 24.0 Å². The van der Waals surface area contributed by atoms with Crippen LogP contribution in [0.15, 0.2) is 27.9 Å². The Morgan fingerprint density at radius 2 is 1.79 bits per heavy atom. The Bertz CT molecular complexity index is 1400. The number of H-pyrrole nitrogens is 1. The molecule has 2 aliphatic carbocycles. The number of anilines is 1. The summed E-state index contributed by atoms with van der Waals surface area (Å²) in [6.07, 6.45) is 7.08. The minimum atomic E-state index is -0.456. The van der Waals surface area contributed by atoms with Crippen LogP contribution in [0.3, 0.4) is 0 Å². The average molecular weight is 525 g/mol. The van der Waals surface area contributed by atoms with E-state index in [0.717, 1.165) is 31.6 Å². The Kier molecular flexibility index (Phi) is 7.59. The van der Waals surface area contributed by atoms with Crippen molar-refractivity contribution in [3.8, 4) is 0 Å². The maximum atomic E-state index is 13.1. The van der Waals surface area contributed by atoms with Crippen molar-refractivity contribution in [3.63, 3.8) is 0 Å². The minimum Gasteiger partial charge on any atom is -0.369 e. The van der Waals surface area contributed by atoms with Crippen molar-refractivity contribution in [2.24, 2.45) is 11.8 Å². The van der Waals surface area contributed by atoms with Crippen LogP contribution in [-0.2, 0) is 13.1 Å². The normalized spacial score (nSPS) is 22.7. The molecule has 2 unspecified atom stereocenters. The van der Waals surface area contributed by atoms with Crippen molar-refractivity contribution < 1.29 is 4.92 Å². The number of hydrogen-bond donors (Lipinski definition) is 3. The van der Waals surface area contributed by atoms with Gasteiger partial charge in [0.15, 0.2) is 5.65 Å². The third kappa shape index (κ3) is 4.96. The molecule has 2 aliphatic rings. The fourth-order valence-electron chi connectivity index (χ4n) is 6.34. The summed E-state index contributed by atoms with van der Waals surface area (Å²) in [6.45, 7) is 6.36. The van der Waals surface area contributed by atoms with Crippen molar-refractivity contribution >= 4 is 22.7 Å². The highest BCUT2D eigenvalue weighted by Gasteiger charge is 2.43. The summed E-state index contributed by atoms with van der Waals surface area (Å²) in [6, 6.07) is 3.50. The highest BCUT2D eigenvalue weighted by molar-refractivity contribution is 5.70. The van der Waals surface area contributed by atoms with Crippen molar-refractivity contribution in [3.05, 3.63) is 55.1 Å². The Morgan fingerprint density at radius 3 is 2.42 bits per heavy atom. The molecule has 0 saturated heterocycles. The first-order valence-electron chi connectivity index (χ1n) is 13.7. The summed E-state index contributed by atoms with van der Waals surface area (Å²) in [5.41, 5.74) is 0.371. The van der Waals surface area contributed by atoms with Crippen LogP contribution >= 0.6 is 0 Å². The van der Waals surface area contributed by atoms with Crippen LogP contribution in [0.1, 0.15) is 64.1 Å². The van der Waals surface area contributed by atoms with E-state index in [-0.39, 0.29) is 22.9 Å². The first-order valence-corrected chi connectivity index (χ1v) is 13.7. The zero-order chi connectivity index (χ0) is 26.8. The molecule has 3 aromatic heterocycles. The van der Waals surface area contributed by atoms with Crippen LogP contribution in [0.25, 0.3) is 11.2 Å². The van der Waals surface area contributed by atoms with Crippen LogP contribution < -0.4 is 21.9 Å². The number of imidazole rings is 1. The van der Waals surface area contributed by atoms with E-state index in [1.807, 2.05) is 13.8 Å². The van der Waals surface area contributed by atoms with Crippen molar-refractivity contribution in [1.29, 1.82) is 0 Å². The second-order valence-corrected chi connectivity index (χ2v) is 10.5. The molecule has 2 bridgehead atoms. The Balaban J connectivity index is 1.25. The molecule has 3 N–H and O–H groups in total. The lowest BCUT2D eigenvalue weighted by Gasteiger charge is -2.35. The smallest absolute Gasteiger partial charge is 0.332 e. The summed E-state index contributed by atoms with van der Waals surface area (Å²) in [5, 5.41) is 17.7. The lowest BCUT2D eigenvalue weighted by atomic mass is 9.77. The number of hydrogen-bond acceptors (Lipinski definition) is 8. The van der Waals surface area contributed by atoms with E-state index in [1.54, 1.807) is 10.6 Å². The molecule has 2 saturated carbocycles. The summed E-state index contributed by atoms with van der Waals surface area (Å²) in [4.78, 5) is 48.7. The quantitative estimate of drug-likeness (QED) is 0.197. The number of nitrogens with one attached hydrogen (secondary N) is 3. The third-order valence-corrected chi connectivity index (χ3v) is 8.03. The van der Waals surface area contributed by atoms with Gasteiger partial charge in [0, 0.05) is 44.2 Å². The number of pyridine rings is 1. The highest BCUT2D eigenvalue weighted by atomic mass is 16.6. The van der Waals surface area contributed by atoms with Gasteiger partial charge in [0.1, 0.15) is 23.4 Å². The lowest BCUT2D eigenvalue weighted by molar-refractivity contribution is -0.385. The standard InChI is InChI=1S/C26H36N8O4/c1-3-11-32-24-22(25(35)33(12-4-2)26(32)36)30-23(31-24)18-13-16-5-6-17(14-18)21(16)28-10-9-27-20-8-7-19(15-29-20)34(37)38/h7-8,15-18,21,28H,3-6,9-14H2,1-2H3,(H,27,29)(H,30,31). The van der Waals surface area contributed by atoms with E-state index in [2.05, 4.69) is 20.6 Å². The van der Waals surface area contributed by atoms with Crippen molar-refractivity contribution in [2.75, 3.05) is 18.4 Å². The zero-order valence-corrected chi connectivity index (χ0v) is 22.0. The van der Waals surface area contributed by atoms with E-state index < -0.39 is 4.92 Å². The van der Waals surface area contributed by atoms with Gasteiger partial charge in [-0.2, -0.15) is 0 Å². The Morgan fingerprint density at radius 1 is 1.08 bits per heavy atom. The molecule has 12 heteroatoms. The molecule has 3 aromatic rings. The predicted octanol–water partition coefficient (Wildman–Crippen LogP) is 2.98. The Hall–Kier alpha value is -3.54. The maximum absolute atomic E-state index is 13.1. The fraction of sp³-hybridized carbons (Fsp3) is 0.615. The molecular formula is C26H36N8O4. The van der Waals surface area contributed by atoms with Crippen LogP contribution in [0.2, 0.25) is 0 Å². The van der Waals surface area contributed by atoms with Gasteiger partial charge in [0.25, 0.3) is 11.2 Å². The number of rotatable bonds is 11. The van der Waals surface area contributed by atoms with Gasteiger partial charge < -0.3 is 15.6 Å². The van der Waals surface area contributed by atoms with Gasteiger partial charge in [-0.05, 0) is 56.4 Å². The largest absolute Gasteiger partial charge is 0.369 e. The third-order valence-electron chi connectivity index (χ3n) is 8.03. The summed E-state index contributed by atoms with van der Waals surface area (Å²) in [5.74, 6) is 2.74. The van der Waals surface area contributed by atoms with Crippen molar-refractivity contribution in [1.82, 2.24) is 29.4 Å². The molecular weight excluding hydrogens is 488 g/mol. The van der Waals surface area contributed by atoms with Crippen molar-refractivity contribution in [2.45, 2.75) is 77.4 Å². The van der Waals surface area contributed by atoms with Gasteiger partial charge in [-0.25, -0.2) is 14.8 Å². The second-order valence-electron chi connectivity index (χ2n) is 10.5. The van der Waals surface area contributed by atoms with Gasteiger partial charge in [-0.15, -0.1) is 0 Å². The summed E-state index contributed by atoms with van der Waals surface area (Å²) in [7, 11) is 0. The number of nitrogens with zero attached hydrogens (tertiary/aromatic N) is 5. The zero-order valence-electron chi connectivity index (χ0n) is 22.0. The monoisotopic (exact) mass is 524 g/mol. The van der Waals surface area contributed by atoms with E-state index in [9.17, 15) is 19.7 Å². The van der Waals surface area contributed by atoms with Crippen LogP contribution in [0, 0.1) is 22.0 Å². The molecule has 2 atom stereocenters. The van der Waals surface area contributed by atoms with Gasteiger partial charge in [-0.1, -0.05) is 13.8 Å². The molecule has 0 radical (unpaired) electrons. The molecule has 204 valence electrons. The SMILES string of the molecule is CCCn1c(=O)c2[nH]c(C3CC4CCC(C3)C4NCCNc3ccc([N+](=O)[O-])cn3)nc2n(CCC)c1=O. The molecule has 12 nitrogen and oxygen atoms in total. The lowest BCUT2D eigenvalue weighted by Crippen LogP contribution is -2.43. The topological polar surface area (TPSA) is 153 Å². The first kappa shape index (κ1) is 26.1. The second kappa shape index (κ2) is 11.1. The molecule has 2 fully saturated rings. The molecule has 0 aliphatic heterocycles. The van der Waals surface area contributed by atoms with Crippen LogP contribution in [0.4, 0.5) is 11.5 Å². The van der Waals surface area contributed by atoms with Crippen LogP contribution in [-0.4, -0.2) is 48.1 Å². The molecule has 3 heterocycles. The van der Waals surface area contributed by atoms with Crippen LogP contribution in [0.5, 0.6) is 0 Å². The average Bonchev–Trinajstić information content (AvgIpc) is 3.45. The van der Waals surface area contributed by atoms with E-state index in [0.29, 0.717) is 60.9 Å². The van der Waals surface area contributed by atoms with Gasteiger partial charge in [0.2, 0.25) is 0 Å². The maximum Gasteiger partial charge on any atom is 0.332 e. The minimum absolute atomic E-state index is 0.0215. The van der Waals surface area contributed by atoms with E-state index in [4.69, 9.17) is 4.98 Å². The van der Waals surface area contributed by atoms with Gasteiger partial charge in [0.05, 0.1) is 4.92 Å². The Labute approximate surface area is 220 Å². The highest BCUT2D eigenvalue weighted by Crippen LogP contribution is 2.48. The molecule has 5 rings (SSSR count). The van der Waals surface area contributed by atoms with Gasteiger partial charge >= 0.3 is 5.69 Å². The van der Waals surface area contributed by atoms with E-state index in [1.165, 1.54) is 29.7 Å². The summed E-state index contributed by atoms with van der Waals surface area (Å²) >= 11 is 0. The molecule has 38 heavy (non-hydrogen) atoms. The first-order chi connectivity index (χ1) is 18.4. The fourth-order valence-corrected chi connectivity index (χ4v) is 6.34. The number of aryl methyl sites for hydroxylation is 1. The molecule has 0 amide bonds. The number of aromatic nitrogens is 5. The summed E-state index contributed by atoms with van der Waals surface area (Å²) < 4.78 is 2.99. The number of nitro groups is 1. The number of fused-ring (bicyclic) bond motifs is 3.